The third-order valence-electron chi connectivity index (χ3n) is 4.66. The predicted octanol–water partition coefficient (Wildman–Crippen LogP) is 2.25. The fourth-order valence-electron chi connectivity index (χ4n) is 3.42. The molecule has 144 valence electrons. The molecular formula is C14H12N8O4S2. The first-order valence-corrected chi connectivity index (χ1v) is 10.0. The van der Waals surface area contributed by atoms with E-state index >= 15 is 0 Å². The molecule has 4 aromatic heterocycles. The summed E-state index contributed by atoms with van der Waals surface area (Å²) in [7, 11) is 0. The minimum atomic E-state index is -0.428. The largest absolute Gasteiger partial charge is 0.373 e. The van der Waals surface area contributed by atoms with Crippen molar-refractivity contribution in [2.75, 3.05) is 36.0 Å². The molecule has 5 heterocycles. The van der Waals surface area contributed by atoms with Gasteiger partial charge in [0.1, 0.15) is 12.4 Å². The summed E-state index contributed by atoms with van der Waals surface area (Å²) in [4.78, 5) is 35.9. The van der Waals surface area contributed by atoms with E-state index in [0.29, 0.717) is 47.7 Å². The quantitative estimate of drug-likeness (QED) is 0.363. The third kappa shape index (κ3) is 2.41. The second-order valence-electron chi connectivity index (χ2n) is 6.12. The molecule has 1 aliphatic rings. The van der Waals surface area contributed by atoms with Crippen molar-refractivity contribution in [3.8, 4) is 0 Å². The molecule has 1 fully saturated rings. The molecule has 0 aliphatic carbocycles. The number of hydrogen-bond acceptors (Lipinski definition) is 10. The highest BCUT2D eigenvalue weighted by atomic mass is 32.1. The Hall–Kier alpha value is -3.26. The summed E-state index contributed by atoms with van der Waals surface area (Å²) in [6.07, 6.45) is 3.26. The fourth-order valence-corrected chi connectivity index (χ4v) is 4.83. The van der Waals surface area contributed by atoms with Crippen molar-refractivity contribution in [3.05, 3.63) is 43.4 Å². The normalized spacial score (nSPS) is 15.0. The van der Waals surface area contributed by atoms with Crippen molar-refractivity contribution in [2.24, 2.45) is 0 Å². The van der Waals surface area contributed by atoms with Crippen molar-refractivity contribution in [1.29, 1.82) is 0 Å². The number of rotatable bonds is 4. The maximum Gasteiger partial charge on any atom is 0.373 e. The lowest BCUT2D eigenvalue weighted by Gasteiger charge is -2.34. The van der Waals surface area contributed by atoms with E-state index in [1.165, 1.54) is 31.5 Å². The van der Waals surface area contributed by atoms with Gasteiger partial charge in [0, 0.05) is 36.9 Å². The van der Waals surface area contributed by atoms with Gasteiger partial charge in [0.2, 0.25) is 11.6 Å². The third-order valence-corrected chi connectivity index (χ3v) is 6.18. The van der Waals surface area contributed by atoms with Crippen LogP contribution in [0.5, 0.6) is 0 Å². The highest BCUT2D eigenvalue weighted by molar-refractivity contribution is 7.15. The zero-order valence-electron chi connectivity index (χ0n) is 14.2. The summed E-state index contributed by atoms with van der Waals surface area (Å²) in [6, 6.07) is 0. The fraction of sp³-hybridized carbons (Fsp3) is 0.286. The van der Waals surface area contributed by atoms with Crippen LogP contribution in [0, 0.1) is 20.2 Å². The maximum absolute atomic E-state index is 11.5. The maximum atomic E-state index is 11.5. The molecule has 0 amide bonds. The number of nitro groups is 2. The number of fused-ring (bicyclic) bond motifs is 2. The first-order chi connectivity index (χ1) is 13.5. The van der Waals surface area contributed by atoms with Crippen LogP contribution < -0.4 is 9.80 Å². The molecule has 0 radical (unpaired) electrons. The van der Waals surface area contributed by atoms with Gasteiger partial charge in [0.05, 0.1) is 0 Å². The zero-order chi connectivity index (χ0) is 19.4. The Balaban J connectivity index is 1.43. The van der Waals surface area contributed by atoms with Gasteiger partial charge in [-0.25, -0.2) is 0 Å². The lowest BCUT2D eigenvalue weighted by molar-refractivity contribution is -0.389. The van der Waals surface area contributed by atoms with Gasteiger partial charge in [-0.3, -0.25) is 0 Å². The van der Waals surface area contributed by atoms with Crippen LogP contribution in [0.2, 0.25) is 0 Å². The minimum absolute atomic E-state index is 0.0572. The molecule has 28 heavy (non-hydrogen) atoms. The van der Waals surface area contributed by atoms with E-state index in [9.17, 15) is 20.2 Å². The first-order valence-electron chi connectivity index (χ1n) is 8.24. The molecule has 0 spiro atoms. The minimum Gasteiger partial charge on any atom is -0.358 e. The molecule has 12 nitrogen and oxygen atoms in total. The van der Waals surface area contributed by atoms with E-state index in [0.717, 1.165) is 0 Å². The number of aromatic nitrogens is 4. The number of hydrogen-bond donors (Lipinski definition) is 0. The predicted molar refractivity (Wildman–Crippen MR) is 104 cm³/mol. The first kappa shape index (κ1) is 16.9. The summed E-state index contributed by atoms with van der Waals surface area (Å²) in [6.45, 7) is 1.81. The summed E-state index contributed by atoms with van der Waals surface area (Å²) in [5, 5.41) is 26.6. The Labute approximate surface area is 164 Å². The van der Waals surface area contributed by atoms with Crippen LogP contribution >= 0.6 is 22.7 Å². The topological polar surface area (TPSA) is 127 Å². The highest BCUT2D eigenvalue weighted by Crippen LogP contribution is 2.34. The van der Waals surface area contributed by atoms with E-state index in [1.54, 1.807) is 23.2 Å². The van der Waals surface area contributed by atoms with E-state index < -0.39 is 9.85 Å². The zero-order valence-corrected chi connectivity index (χ0v) is 15.8. The molecule has 0 saturated carbocycles. The van der Waals surface area contributed by atoms with Crippen molar-refractivity contribution < 1.29 is 9.85 Å². The van der Waals surface area contributed by atoms with E-state index in [4.69, 9.17) is 0 Å². The lowest BCUT2D eigenvalue weighted by Crippen LogP contribution is -2.47. The number of imidazole rings is 2. The molecule has 0 unspecified atom stereocenters. The average Bonchev–Trinajstić information content (AvgIpc) is 3.40. The van der Waals surface area contributed by atoms with E-state index in [1.807, 2.05) is 9.80 Å². The Kier molecular flexibility index (Phi) is 3.70. The van der Waals surface area contributed by atoms with Crippen LogP contribution in [0.25, 0.3) is 9.92 Å². The Morgan fingerprint density at radius 3 is 1.54 bits per heavy atom. The molecule has 4 aromatic rings. The summed E-state index contributed by atoms with van der Waals surface area (Å²) < 4.78 is 2.95. The Bertz CT molecular complexity index is 1120. The molecule has 0 N–H and O–H groups in total. The van der Waals surface area contributed by atoms with Gasteiger partial charge in [-0.1, -0.05) is 22.7 Å². The van der Waals surface area contributed by atoms with Crippen molar-refractivity contribution in [3.63, 3.8) is 0 Å². The van der Waals surface area contributed by atoms with Crippen LogP contribution in [-0.4, -0.2) is 54.8 Å². The van der Waals surface area contributed by atoms with Gasteiger partial charge in [0.15, 0.2) is 0 Å². The van der Waals surface area contributed by atoms with Gasteiger partial charge < -0.3 is 30.0 Å². The molecule has 0 bridgehead atoms. The van der Waals surface area contributed by atoms with Gasteiger partial charge in [-0.15, -0.1) is 0 Å². The van der Waals surface area contributed by atoms with Crippen LogP contribution in [0.1, 0.15) is 0 Å². The van der Waals surface area contributed by atoms with Crippen LogP contribution in [0.15, 0.2) is 23.2 Å². The number of piperazine rings is 1. The van der Waals surface area contributed by atoms with Gasteiger partial charge in [-0.05, 0) is 9.85 Å². The Morgan fingerprint density at radius 2 is 1.18 bits per heavy atom. The second-order valence-corrected chi connectivity index (χ2v) is 7.86. The SMILES string of the molecule is O=[N+]([O-])c1c(N2CCN(c3nc4sccn4c3[N+](=O)[O-])CC2)nc2sccn12. The standard InChI is InChI=1S/C14H12N8O4S2/c23-21(24)11-9(15-13-19(11)5-7-27-13)17-1-2-18(4-3-17)10-12(22(25)26)20-6-8-28-14(20)16-10/h5-8H,1-4H2. The second kappa shape index (κ2) is 6.13. The van der Waals surface area contributed by atoms with Crippen molar-refractivity contribution >= 4 is 55.9 Å². The molecule has 1 aliphatic heterocycles. The van der Waals surface area contributed by atoms with E-state index in [2.05, 4.69) is 9.97 Å². The molecule has 1 saturated heterocycles. The average molecular weight is 420 g/mol. The van der Waals surface area contributed by atoms with Crippen LogP contribution in [0.3, 0.4) is 0 Å². The summed E-state index contributed by atoms with van der Waals surface area (Å²) >= 11 is 2.67. The molecule has 5 rings (SSSR count). The van der Waals surface area contributed by atoms with E-state index in [-0.39, 0.29) is 11.6 Å². The van der Waals surface area contributed by atoms with Crippen molar-refractivity contribution in [2.45, 2.75) is 0 Å². The number of thiazole rings is 2. The van der Waals surface area contributed by atoms with Gasteiger partial charge >= 0.3 is 11.6 Å². The van der Waals surface area contributed by atoms with Crippen LogP contribution in [0.4, 0.5) is 23.3 Å². The van der Waals surface area contributed by atoms with Crippen LogP contribution in [-0.2, 0) is 0 Å². The molecule has 0 aromatic carbocycles. The Morgan fingerprint density at radius 1 is 0.786 bits per heavy atom. The van der Waals surface area contributed by atoms with Gasteiger partial charge in [0.25, 0.3) is 9.92 Å². The lowest BCUT2D eigenvalue weighted by atomic mass is 10.3. The van der Waals surface area contributed by atoms with Crippen molar-refractivity contribution in [1.82, 2.24) is 18.8 Å². The monoisotopic (exact) mass is 420 g/mol. The molecule has 0 atom stereocenters. The molecular weight excluding hydrogens is 408 g/mol. The number of anilines is 2. The smallest absolute Gasteiger partial charge is 0.358 e. The number of nitrogens with zero attached hydrogens (tertiary/aromatic N) is 8. The highest BCUT2D eigenvalue weighted by Gasteiger charge is 2.33. The molecule has 14 heteroatoms. The summed E-state index contributed by atoms with van der Waals surface area (Å²) in [5.74, 6) is 0.546. The summed E-state index contributed by atoms with van der Waals surface area (Å²) in [5.41, 5.74) is 0. The van der Waals surface area contributed by atoms with Gasteiger partial charge in [-0.2, -0.15) is 18.8 Å².